The summed E-state index contributed by atoms with van der Waals surface area (Å²) in [6.07, 6.45) is 0. The van der Waals surface area contributed by atoms with Crippen LogP contribution in [0.2, 0.25) is 5.02 Å². The first-order valence-electron chi connectivity index (χ1n) is 7.07. The summed E-state index contributed by atoms with van der Waals surface area (Å²) < 4.78 is 2.62. The molecular formula is C17H13BrClN3O2. The summed E-state index contributed by atoms with van der Waals surface area (Å²) in [5.41, 5.74) is 4.87. The predicted molar refractivity (Wildman–Crippen MR) is 95.7 cm³/mol. The molecule has 2 N–H and O–H groups in total. The van der Waals surface area contributed by atoms with Gasteiger partial charge in [0.1, 0.15) is 0 Å². The lowest BCUT2D eigenvalue weighted by atomic mass is 10.1. The minimum absolute atomic E-state index is 0.158. The molecule has 0 aliphatic heterocycles. The molecule has 1 aromatic heterocycles. The molecule has 3 rings (SSSR count). The normalized spacial score (nSPS) is 10.7. The number of nitrogens with zero attached hydrogens (tertiary/aromatic N) is 2. The van der Waals surface area contributed by atoms with Crippen LogP contribution in [-0.2, 0) is 0 Å². The van der Waals surface area contributed by atoms with E-state index in [0.29, 0.717) is 10.6 Å². The zero-order chi connectivity index (χ0) is 17.3. The second-order valence-corrected chi connectivity index (χ2v) is 6.51. The summed E-state index contributed by atoms with van der Waals surface area (Å²) in [6.45, 7) is 1.79. The second kappa shape index (κ2) is 6.76. The van der Waals surface area contributed by atoms with Crippen molar-refractivity contribution in [3.05, 3.63) is 69.3 Å². The Balaban J connectivity index is 2.24. The molecule has 1 heterocycles. The largest absolute Gasteiger partial charge is 0.295 e. The van der Waals surface area contributed by atoms with Crippen LogP contribution in [0.25, 0.3) is 16.9 Å². The summed E-state index contributed by atoms with van der Waals surface area (Å²) in [5.74, 6) is -0.654. The zero-order valence-corrected chi connectivity index (χ0v) is 15.0. The van der Waals surface area contributed by atoms with Crippen molar-refractivity contribution in [2.75, 3.05) is 0 Å². The van der Waals surface area contributed by atoms with Gasteiger partial charge in [-0.15, -0.1) is 0 Å². The maximum absolute atomic E-state index is 11.9. The second-order valence-electron chi connectivity index (χ2n) is 5.16. The quantitative estimate of drug-likeness (QED) is 0.501. The monoisotopic (exact) mass is 405 g/mol. The number of hydrogen-bond donors (Lipinski definition) is 2. The van der Waals surface area contributed by atoms with E-state index in [0.717, 1.165) is 21.4 Å². The van der Waals surface area contributed by atoms with Crippen LogP contribution in [0.3, 0.4) is 0 Å². The number of nitrogens with one attached hydrogen (secondary N) is 1. The van der Waals surface area contributed by atoms with Gasteiger partial charge in [-0.2, -0.15) is 5.10 Å². The highest BCUT2D eigenvalue weighted by Crippen LogP contribution is 2.30. The number of benzene rings is 2. The smallest absolute Gasteiger partial charge is 0.288 e. The van der Waals surface area contributed by atoms with Crippen LogP contribution in [0.1, 0.15) is 16.1 Å². The van der Waals surface area contributed by atoms with Gasteiger partial charge in [-0.1, -0.05) is 39.7 Å². The Morgan fingerprint density at radius 2 is 1.79 bits per heavy atom. The van der Waals surface area contributed by atoms with Gasteiger partial charge < -0.3 is 0 Å². The summed E-state index contributed by atoms with van der Waals surface area (Å²) in [6, 6.07) is 14.8. The molecule has 3 aromatic rings. The zero-order valence-electron chi connectivity index (χ0n) is 12.6. The molecule has 0 aliphatic rings. The average Bonchev–Trinajstić information content (AvgIpc) is 2.93. The topological polar surface area (TPSA) is 67.2 Å². The first-order chi connectivity index (χ1) is 11.5. The SMILES string of the molecule is Cc1c(C(=O)NO)nn(-c2ccc(Br)cc2)c1-c1ccc(Cl)cc1. The fourth-order valence-corrected chi connectivity index (χ4v) is 2.87. The van der Waals surface area contributed by atoms with Gasteiger partial charge in [0, 0.05) is 20.6 Å². The van der Waals surface area contributed by atoms with Crippen LogP contribution in [0.4, 0.5) is 0 Å². The van der Waals surface area contributed by atoms with Crippen molar-refractivity contribution in [3.8, 4) is 16.9 Å². The van der Waals surface area contributed by atoms with Gasteiger partial charge in [0.05, 0.1) is 11.4 Å². The Labute approximate surface area is 152 Å². The number of hydrogen-bond acceptors (Lipinski definition) is 3. The molecule has 0 radical (unpaired) electrons. The van der Waals surface area contributed by atoms with Crippen LogP contribution < -0.4 is 5.48 Å². The molecule has 2 aromatic carbocycles. The summed E-state index contributed by atoms with van der Waals surface area (Å²) >= 11 is 9.37. The Hall–Kier alpha value is -2.15. The summed E-state index contributed by atoms with van der Waals surface area (Å²) in [7, 11) is 0. The van der Waals surface area contributed by atoms with E-state index >= 15 is 0 Å². The molecule has 0 aliphatic carbocycles. The third-order valence-corrected chi connectivity index (χ3v) is 4.41. The number of hydroxylamine groups is 1. The van der Waals surface area contributed by atoms with E-state index in [-0.39, 0.29) is 5.69 Å². The average molecular weight is 407 g/mol. The van der Waals surface area contributed by atoms with E-state index in [1.807, 2.05) is 36.4 Å². The van der Waals surface area contributed by atoms with Gasteiger partial charge in [-0.05, 0) is 43.3 Å². The van der Waals surface area contributed by atoms with Gasteiger partial charge in [0.2, 0.25) is 0 Å². The van der Waals surface area contributed by atoms with Crippen molar-refractivity contribution >= 4 is 33.4 Å². The predicted octanol–water partition coefficient (Wildman–Crippen LogP) is 4.38. The first kappa shape index (κ1) is 16.7. The van der Waals surface area contributed by atoms with Crippen molar-refractivity contribution < 1.29 is 10.0 Å². The van der Waals surface area contributed by atoms with Crippen molar-refractivity contribution in [1.82, 2.24) is 15.3 Å². The molecule has 0 spiro atoms. The molecule has 7 heteroatoms. The Bertz CT molecular complexity index is 889. The maximum Gasteiger partial charge on any atom is 0.295 e. The summed E-state index contributed by atoms with van der Waals surface area (Å²) in [5, 5.41) is 14.0. The maximum atomic E-state index is 11.9. The minimum Gasteiger partial charge on any atom is -0.288 e. The van der Waals surface area contributed by atoms with Crippen LogP contribution in [0.15, 0.2) is 53.0 Å². The third-order valence-electron chi connectivity index (χ3n) is 3.63. The molecule has 0 saturated carbocycles. The van der Waals surface area contributed by atoms with E-state index in [1.54, 1.807) is 29.2 Å². The van der Waals surface area contributed by atoms with Gasteiger partial charge in [-0.3, -0.25) is 10.0 Å². The number of carbonyl (C=O) groups excluding carboxylic acids is 1. The number of amides is 1. The van der Waals surface area contributed by atoms with Gasteiger partial charge >= 0.3 is 0 Å². The van der Waals surface area contributed by atoms with Crippen LogP contribution in [0.5, 0.6) is 0 Å². The van der Waals surface area contributed by atoms with E-state index in [9.17, 15) is 4.79 Å². The molecule has 5 nitrogen and oxygen atoms in total. The number of aromatic nitrogens is 2. The van der Waals surface area contributed by atoms with Crippen LogP contribution in [0, 0.1) is 6.92 Å². The molecule has 122 valence electrons. The summed E-state index contributed by atoms with van der Waals surface area (Å²) in [4.78, 5) is 11.9. The Morgan fingerprint density at radius 3 is 2.38 bits per heavy atom. The Kier molecular flexibility index (Phi) is 4.71. The van der Waals surface area contributed by atoms with Crippen LogP contribution >= 0.6 is 27.5 Å². The molecule has 0 unspecified atom stereocenters. The molecule has 24 heavy (non-hydrogen) atoms. The molecule has 0 bridgehead atoms. The highest BCUT2D eigenvalue weighted by Gasteiger charge is 2.21. The number of halogens is 2. The molecule has 0 saturated heterocycles. The van der Waals surface area contributed by atoms with Crippen LogP contribution in [-0.4, -0.2) is 20.9 Å². The fraction of sp³-hybridized carbons (Fsp3) is 0.0588. The minimum atomic E-state index is -0.654. The van der Waals surface area contributed by atoms with Gasteiger partial charge in [-0.25, -0.2) is 10.2 Å². The lowest BCUT2D eigenvalue weighted by molar-refractivity contribution is 0.0699. The van der Waals surface area contributed by atoms with Crippen molar-refractivity contribution in [3.63, 3.8) is 0 Å². The highest BCUT2D eigenvalue weighted by atomic mass is 79.9. The van der Waals surface area contributed by atoms with E-state index in [1.165, 1.54) is 0 Å². The van der Waals surface area contributed by atoms with Crippen molar-refractivity contribution in [2.24, 2.45) is 0 Å². The number of rotatable bonds is 3. The van der Waals surface area contributed by atoms with Gasteiger partial charge in [0.25, 0.3) is 5.91 Å². The molecule has 0 atom stereocenters. The third kappa shape index (κ3) is 3.08. The van der Waals surface area contributed by atoms with Crippen molar-refractivity contribution in [1.29, 1.82) is 0 Å². The molecular weight excluding hydrogens is 394 g/mol. The lowest BCUT2D eigenvalue weighted by Gasteiger charge is -2.09. The molecule has 1 amide bonds. The Morgan fingerprint density at radius 1 is 1.17 bits per heavy atom. The standard InChI is InChI=1S/C17H13BrClN3O2/c1-10-15(17(23)21-24)20-22(14-8-4-12(18)5-9-14)16(10)11-2-6-13(19)7-3-11/h2-9,24H,1H3,(H,21,23). The van der Waals surface area contributed by atoms with Gasteiger partial charge in [0.15, 0.2) is 5.69 Å². The number of carbonyl (C=O) groups is 1. The van der Waals surface area contributed by atoms with E-state index in [4.69, 9.17) is 16.8 Å². The highest BCUT2D eigenvalue weighted by molar-refractivity contribution is 9.10. The fourth-order valence-electron chi connectivity index (χ4n) is 2.48. The molecule has 0 fully saturated rings. The lowest BCUT2D eigenvalue weighted by Crippen LogP contribution is -2.20. The van der Waals surface area contributed by atoms with E-state index < -0.39 is 5.91 Å². The first-order valence-corrected chi connectivity index (χ1v) is 8.24. The van der Waals surface area contributed by atoms with Crippen molar-refractivity contribution in [2.45, 2.75) is 6.92 Å². The van der Waals surface area contributed by atoms with E-state index in [2.05, 4.69) is 21.0 Å².